The number of morpholine rings is 1. The van der Waals surface area contributed by atoms with Crippen LogP contribution in [0.1, 0.15) is 11.1 Å². The number of carbonyl (C=O) groups excluding carboxylic acids is 2. The minimum atomic E-state index is -0.516. The van der Waals surface area contributed by atoms with E-state index < -0.39 is 5.97 Å². The summed E-state index contributed by atoms with van der Waals surface area (Å²) < 4.78 is 10.1. The van der Waals surface area contributed by atoms with Crippen molar-refractivity contribution in [1.82, 2.24) is 4.90 Å². The Balaban J connectivity index is 2.02. The van der Waals surface area contributed by atoms with Crippen LogP contribution in [0.15, 0.2) is 40.3 Å². The van der Waals surface area contributed by atoms with Gasteiger partial charge in [-0.3, -0.25) is 4.79 Å². The molecule has 0 amide bonds. The number of allylic oxidation sites excluding steroid dienone is 2. The molecular weight excluding hydrogens is 326 g/mol. The number of aryl methyl sites for hydroxylation is 1. The molecule has 3 rings (SSSR count). The van der Waals surface area contributed by atoms with Crippen molar-refractivity contribution >= 4 is 29.1 Å². The number of methoxy groups -OCH3 is 1. The third-order valence-corrected chi connectivity index (χ3v) is 5.14. The lowest BCUT2D eigenvalue weighted by atomic mass is 10.0. The fourth-order valence-electron chi connectivity index (χ4n) is 2.65. The molecule has 5 nitrogen and oxygen atoms in total. The van der Waals surface area contributed by atoms with Gasteiger partial charge in [0.05, 0.1) is 35.8 Å². The molecule has 0 bridgehead atoms. The van der Waals surface area contributed by atoms with Crippen LogP contribution < -0.4 is 0 Å². The number of benzene rings is 1. The fraction of sp³-hybridized carbons (Fsp3) is 0.333. The Morgan fingerprint density at radius 2 is 1.92 bits per heavy atom. The molecule has 0 radical (unpaired) electrons. The van der Waals surface area contributed by atoms with Crippen LogP contribution >= 0.6 is 11.8 Å². The molecule has 24 heavy (non-hydrogen) atoms. The molecular formula is C18H19NO4S. The quantitative estimate of drug-likeness (QED) is 0.619. The molecule has 0 aliphatic carbocycles. The van der Waals surface area contributed by atoms with E-state index in [0.29, 0.717) is 23.7 Å². The van der Waals surface area contributed by atoms with Crippen molar-refractivity contribution < 1.29 is 19.1 Å². The highest BCUT2D eigenvalue weighted by Gasteiger charge is 2.34. The van der Waals surface area contributed by atoms with Crippen LogP contribution in [0.5, 0.6) is 0 Å². The van der Waals surface area contributed by atoms with Gasteiger partial charge >= 0.3 is 5.97 Å². The molecule has 0 aromatic heterocycles. The van der Waals surface area contributed by atoms with Crippen LogP contribution in [0.4, 0.5) is 0 Å². The number of ketones is 1. The van der Waals surface area contributed by atoms with Crippen molar-refractivity contribution in [3.05, 3.63) is 51.4 Å². The summed E-state index contributed by atoms with van der Waals surface area (Å²) in [6, 6.07) is 7.87. The van der Waals surface area contributed by atoms with Crippen molar-refractivity contribution in [1.29, 1.82) is 0 Å². The Morgan fingerprint density at radius 3 is 2.54 bits per heavy atom. The number of hydrogen-bond donors (Lipinski definition) is 0. The van der Waals surface area contributed by atoms with Crippen LogP contribution in [0.2, 0.25) is 0 Å². The third kappa shape index (κ3) is 3.39. The van der Waals surface area contributed by atoms with E-state index in [-0.39, 0.29) is 5.78 Å². The van der Waals surface area contributed by atoms with Gasteiger partial charge in [-0.15, -0.1) is 0 Å². The Bertz CT molecular complexity index is 715. The van der Waals surface area contributed by atoms with Crippen molar-refractivity contribution in [2.75, 3.05) is 33.4 Å². The maximum Gasteiger partial charge on any atom is 0.331 e. The SMILES string of the molecule is COC(=O)/C=C1/SC(N2CCOCC2)=C(c2ccc(C)cc2)C1=O. The predicted octanol–water partition coefficient (Wildman–Crippen LogP) is 2.37. The Morgan fingerprint density at radius 1 is 1.25 bits per heavy atom. The number of Topliss-reactive ketones (excluding diaryl/α,β-unsaturated/α-hetero) is 1. The standard InChI is InChI=1S/C18H19NO4S/c1-12-3-5-13(6-4-12)16-17(21)14(11-15(20)22-2)24-18(16)19-7-9-23-10-8-19/h3-6,11H,7-10H2,1-2H3/b14-11+. The van der Waals surface area contributed by atoms with Gasteiger partial charge in [-0.05, 0) is 12.5 Å². The molecule has 1 fully saturated rings. The first-order valence-electron chi connectivity index (χ1n) is 7.76. The van der Waals surface area contributed by atoms with Gasteiger partial charge in [-0.1, -0.05) is 41.6 Å². The van der Waals surface area contributed by atoms with E-state index in [2.05, 4.69) is 9.64 Å². The van der Waals surface area contributed by atoms with Gasteiger partial charge in [0.15, 0.2) is 0 Å². The topological polar surface area (TPSA) is 55.8 Å². The summed E-state index contributed by atoms with van der Waals surface area (Å²) in [5.41, 5.74) is 2.65. The molecule has 0 unspecified atom stereocenters. The van der Waals surface area contributed by atoms with Gasteiger partial charge in [0.1, 0.15) is 0 Å². The van der Waals surface area contributed by atoms with Crippen molar-refractivity contribution in [3.63, 3.8) is 0 Å². The van der Waals surface area contributed by atoms with E-state index in [1.807, 2.05) is 31.2 Å². The molecule has 1 saturated heterocycles. The lowest BCUT2D eigenvalue weighted by molar-refractivity contribution is -0.135. The second-order valence-corrected chi connectivity index (χ2v) is 6.64. The number of rotatable bonds is 3. The van der Waals surface area contributed by atoms with Crippen LogP contribution in [0.25, 0.3) is 5.57 Å². The maximum absolute atomic E-state index is 12.9. The molecule has 2 heterocycles. The second-order valence-electron chi connectivity index (χ2n) is 5.61. The molecule has 2 aliphatic heterocycles. The van der Waals surface area contributed by atoms with E-state index in [9.17, 15) is 9.59 Å². The summed E-state index contributed by atoms with van der Waals surface area (Å²) in [5.74, 6) is -0.645. The zero-order valence-corrected chi connectivity index (χ0v) is 14.5. The van der Waals surface area contributed by atoms with Gasteiger partial charge < -0.3 is 14.4 Å². The lowest BCUT2D eigenvalue weighted by Crippen LogP contribution is -2.34. The summed E-state index contributed by atoms with van der Waals surface area (Å²) in [7, 11) is 1.31. The number of ether oxygens (including phenoxy) is 2. The molecule has 0 N–H and O–H groups in total. The molecule has 6 heteroatoms. The normalized spacial score (nSPS) is 20.0. The van der Waals surface area contributed by atoms with Gasteiger partial charge in [-0.2, -0.15) is 0 Å². The van der Waals surface area contributed by atoms with Gasteiger partial charge in [0, 0.05) is 19.2 Å². The van der Waals surface area contributed by atoms with Crippen LogP contribution in [0, 0.1) is 6.92 Å². The van der Waals surface area contributed by atoms with Crippen LogP contribution in [0.3, 0.4) is 0 Å². The van der Waals surface area contributed by atoms with Crippen molar-refractivity contribution in [2.45, 2.75) is 6.92 Å². The van der Waals surface area contributed by atoms with E-state index in [0.717, 1.165) is 29.2 Å². The van der Waals surface area contributed by atoms with Crippen LogP contribution in [-0.2, 0) is 19.1 Å². The van der Waals surface area contributed by atoms with Crippen molar-refractivity contribution in [3.8, 4) is 0 Å². The first-order chi connectivity index (χ1) is 11.6. The van der Waals surface area contributed by atoms with Gasteiger partial charge in [-0.25, -0.2) is 4.79 Å². The first kappa shape index (κ1) is 16.8. The number of nitrogens with zero attached hydrogens (tertiary/aromatic N) is 1. The van der Waals surface area contributed by atoms with E-state index in [1.165, 1.54) is 24.9 Å². The maximum atomic E-state index is 12.9. The van der Waals surface area contributed by atoms with Crippen molar-refractivity contribution in [2.24, 2.45) is 0 Å². The molecule has 0 atom stereocenters. The Kier molecular flexibility index (Phi) is 5.06. The smallest absolute Gasteiger partial charge is 0.331 e. The highest BCUT2D eigenvalue weighted by Crippen LogP contribution is 2.44. The fourth-order valence-corrected chi connectivity index (χ4v) is 3.83. The monoisotopic (exact) mass is 345 g/mol. The van der Waals surface area contributed by atoms with E-state index >= 15 is 0 Å². The average Bonchev–Trinajstić information content (AvgIpc) is 2.93. The number of carbonyl (C=O) groups is 2. The summed E-state index contributed by atoms with van der Waals surface area (Å²) in [4.78, 5) is 27.0. The average molecular weight is 345 g/mol. The zero-order chi connectivity index (χ0) is 17.1. The minimum absolute atomic E-state index is 0.129. The molecule has 2 aliphatic rings. The predicted molar refractivity (Wildman–Crippen MR) is 93.2 cm³/mol. The molecule has 1 aromatic carbocycles. The first-order valence-corrected chi connectivity index (χ1v) is 8.58. The number of hydrogen-bond acceptors (Lipinski definition) is 6. The molecule has 1 aromatic rings. The molecule has 126 valence electrons. The minimum Gasteiger partial charge on any atom is -0.466 e. The molecule has 0 spiro atoms. The van der Waals surface area contributed by atoms with Crippen LogP contribution in [-0.4, -0.2) is 50.1 Å². The number of thioether (sulfide) groups is 1. The largest absolute Gasteiger partial charge is 0.466 e. The number of esters is 1. The molecule has 0 saturated carbocycles. The van der Waals surface area contributed by atoms with Gasteiger partial charge in [0.25, 0.3) is 0 Å². The van der Waals surface area contributed by atoms with E-state index in [1.54, 1.807) is 0 Å². The summed E-state index contributed by atoms with van der Waals surface area (Å²) in [6.45, 7) is 4.74. The second kappa shape index (κ2) is 7.23. The Hall–Kier alpha value is -2.05. The zero-order valence-electron chi connectivity index (χ0n) is 13.7. The van der Waals surface area contributed by atoms with Gasteiger partial charge in [0.2, 0.25) is 5.78 Å². The summed E-state index contributed by atoms with van der Waals surface area (Å²) in [5, 5.41) is 0.891. The third-order valence-electron chi connectivity index (χ3n) is 3.96. The van der Waals surface area contributed by atoms with E-state index in [4.69, 9.17) is 4.74 Å². The highest BCUT2D eigenvalue weighted by molar-refractivity contribution is 8.08. The summed E-state index contributed by atoms with van der Waals surface area (Å²) >= 11 is 1.34. The highest BCUT2D eigenvalue weighted by atomic mass is 32.2. The lowest BCUT2D eigenvalue weighted by Gasteiger charge is -2.29. The Labute approximate surface area is 145 Å². The summed E-state index contributed by atoms with van der Waals surface area (Å²) in [6.07, 6.45) is 1.27.